The van der Waals surface area contributed by atoms with Crippen LogP contribution in [0.4, 0.5) is 0 Å². The van der Waals surface area contributed by atoms with Crippen molar-refractivity contribution in [3.63, 3.8) is 0 Å². The predicted octanol–water partition coefficient (Wildman–Crippen LogP) is 2.35. The lowest BCUT2D eigenvalue weighted by atomic mass is 9.72. The van der Waals surface area contributed by atoms with E-state index in [4.69, 9.17) is 4.74 Å². The summed E-state index contributed by atoms with van der Waals surface area (Å²) in [5.41, 5.74) is -0.0150. The number of rotatable bonds is 3. The molecule has 0 spiro atoms. The number of hydrogen-bond donors (Lipinski definition) is 0. The predicted molar refractivity (Wildman–Crippen MR) is 50.0 cm³/mol. The van der Waals surface area contributed by atoms with Gasteiger partial charge in [0.2, 0.25) is 0 Å². The van der Waals surface area contributed by atoms with E-state index in [2.05, 4.69) is 6.07 Å². The first-order valence-corrected chi connectivity index (χ1v) is 5.21. The Bertz CT molecular complexity index is 233. The van der Waals surface area contributed by atoms with E-state index < -0.39 is 0 Å². The summed E-state index contributed by atoms with van der Waals surface area (Å²) in [7, 11) is 1.72. The van der Waals surface area contributed by atoms with Crippen molar-refractivity contribution in [3.05, 3.63) is 0 Å². The molecule has 2 rings (SSSR count). The SMILES string of the molecule is COCCC1(C#N)CC2CCC1C2. The summed E-state index contributed by atoms with van der Waals surface area (Å²) >= 11 is 0. The van der Waals surface area contributed by atoms with E-state index >= 15 is 0 Å². The monoisotopic (exact) mass is 179 g/mol. The standard InChI is InChI=1S/C11H17NO/c1-13-5-4-11(8-12)7-9-2-3-10(11)6-9/h9-10H,2-7H2,1H3. The van der Waals surface area contributed by atoms with Gasteiger partial charge in [0.1, 0.15) is 0 Å². The van der Waals surface area contributed by atoms with Crippen molar-refractivity contribution in [2.24, 2.45) is 17.3 Å². The third-order valence-electron chi connectivity index (χ3n) is 3.95. The fourth-order valence-corrected chi connectivity index (χ4v) is 3.23. The maximum Gasteiger partial charge on any atom is 0.0693 e. The second kappa shape index (κ2) is 3.31. The maximum atomic E-state index is 9.26. The van der Waals surface area contributed by atoms with Crippen molar-refractivity contribution in [2.45, 2.75) is 32.1 Å². The highest BCUT2D eigenvalue weighted by Gasteiger charge is 2.50. The fourth-order valence-electron chi connectivity index (χ4n) is 3.23. The van der Waals surface area contributed by atoms with Gasteiger partial charge in [-0.1, -0.05) is 6.42 Å². The van der Waals surface area contributed by atoms with E-state index in [1.54, 1.807) is 7.11 Å². The first kappa shape index (κ1) is 9.02. The Morgan fingerprint density at radius 3 is 2.85 bits per heavy atom. The second-order valence-corrected chi connectivity index (χ2v) is 4.59. The van der Waals surface area contributed by atoms with Gasteiger partial charge in [0, 0.05) is 13.7 Å². The van der Waals surface area contributed by atoms with Crippen LogP contribution >= 0.6 is 0 Å². The van der Waals surface area contributed by atoms with Crippen LogP contribution in [0.5, 0.6) is 0 Å². The summed E-state index contributed by atoms with van der Waals surface area (Å²) in [6, 6.07) is 2.56. The number of nitrogens with zero attached hydrogens (tertiary/aromatic N) is 1. The highest BCUT2D eigenvalue weighted by atomic mass is 16.5. The zero-order valence-electron chi connectivity index (χ0n) is 8.25. The van der Waals surface area contributed by atoms with Crippen LogP contribution in [-0.4, -0.2) is 13.7 Å². The van der Waals surface area contributed by atoms with Gasteiger partial charge in [-0.15, -0.1) is 0 Å². The van der Waals surface area contributed by atoms with Gasteiger partial charge < -0.3 is 4.74 Å². The Balaban J connectivity index is 2.05. The summed E-state index contributed by atoms with van der Waals surface area (Å²) in [5, 5.41) is 9.26. The molecule has 13 heavy (non-hydrogen) atoms. The molecule has 2 fully saturated rings. The largest absolute Gasteiger partial charge is 0.385 e. The molecule has 0 aromatic heterocycles. The van der Waals surface area contributed by atoms with E-state index in [0.29, 0.717) is 5.92 Å². The van der Waals surface area contributed by atoms with Crippen molar-refractivity contribution in [3.8, 4) is 6.07 Å². The fraction of sp³-hybridized carbons (Fsp3) is 0.909. The Morgan fingerprint density at radius 1 is 1.54 bits per heavy atom. The second-order valence-electron chi connectivity index (χ2n) is 4.59. The van der Waals surface area contributed by atoms with Crippen molar-refractivity contribution in [2.75, 3.05) is 13.7 Å². The Hall–Kier alpha value is -0.550. The molecule has 0 amide bonds. The van der Waals surface area contributed by atoms with E-state index in [1.807, 2.05) is 0 Å². The molecule has 2 nitrogen and oxygen atoms in total. The van der Waals surface area contributed by atoms with E-state index in [1.165, 1.54) is 19.3 Å². The van der Waals surface area contributed by atoms with Gasteiger partial charge in [0.15, 0.2) is 0 Å². The lowest BCUT2D eigenvalue weighted by Crippen LogP contribution is -2.27. The molecular weight excluding hydrogens is 162 g/mol. The summed E-state index contributed by atoms with van der Waals surface area (Å²) in [4.78, 5) is 0. The third kappa shape index (κ3) is 1.36. The average molecular weight is 179 g/mol. The summed E-state index contributed by atoms with van der Waals surface area (Å²) in [6.07, 6.45) is 6.03. The molecule has 0 aromatic carbocycles. The zero-order valence-corrected chi connectivity index (χ0v) is 8.25. The van der Waals surface area contributed by atoms with Crippen LogP contribution in [0.1, 0.15) is 32.1 Å². The molecule has 2 heteroatoms. The third-order valence-corrected chi connectivity index (χ3v) is 3.95. The molecule has 0 heterocycles. The lowest BCUT2D eigenvalue weighted by molar-refractivity contribution is 0.128. The Morgan fingerprint density at radius 2 is 2.38 bits per heavy atom. The molecule has 0 aromatic rings. The first-order valence-electron chi connectivity index (χ1n) is 5.21. The Labute approximate surface area is 79.9 Å². The highest BCUT2D eigenvalue weighted by molar-refractivity contribution is 5.11. The maximum absolute atomic E-state index is 9.26. The summed E-state index contributed by atoms with van der Waals surface area (Å²) < 4.78 is 5.09. The quantitative estimate of drug-likeness (QED) is 0.666. The minimum atomic E-state index is -0.0150. The van der Waals surface area contributed by atoms with Crippen LogP contribution in [0.2, 0.25) is 0 Å². The van der Waals surface area contributed by atoms with Crippen LogP contribution in [0.25, 0.3) is 0 Å². The van der Waals surface area contributed by atoms with Crippen molar-refractivity contribution in [1.29, 1.82) is 5.26 Å². The molecule has 0 saturated heterocycles. The molecule has 0 radical (unpaired) electrons. The normalized spacial score (nSPS) is 42.2. The number of fused-ring (bicyclic) bond motifs is 2. The van der Waals surface area contributed by atoms with Crippen LogP contribution in [0, 0.1) is 28.6 Å². The minimum absolute atomic E-state index is 0.0150. The average Bonchev–Trinajstić information content (AvgIpc) is 2.74. The molecule has 0 N–H and O–H groups in total. The first-order chi connectivity index (χ1) is 6.30. The molecule has 2 aliphatic rings. The van der Waals surface area contributed by atoms with Gasteiger partial charge in [-0.25, -0.2) is 0 Å². The number of methoxy groups -OCH3 is 1. The van der Waals surface area contributed by atoms with Crippen LogP contribution < -0.4 is 0 Å². The number of hydrogen-bond acceptors (Lipinski definition) is 2. The Kier molecular flexibility index (Phi) is 2.29. The van der Waals surface area contributed by atoms with Gasteiger partial charge in [-0.2, -0.15) is 5.26 Å². The molecular formula is C11H17NO. The van der Waals surface area contributed by atoms with Crippen molar-refractivity contribution >= 4 is 0 Å². The van der Waals surface area contributed by atoms with Gasteiger partial charge in [0.05, 0.1) is 11.5 Å². The van der Waals surface area contributed by atoms with Gasteiger partial charge >= 0.3 is 0 Å². The van der Waals surface area contributed by atoms with E-state index in [0.717, 1.165) is 25.4 Å². The van der Waals surface area contributed by atoms with Crippen LogP contribution in [0.3, 0.4) is 0 Å². The molecule has 2 aliphatic carbocycles. The van der Waals surface area contributed by atoms with Crippen molar-refractivity contribution in [1.82, 2.24) is 0 Å². The van der Waals surface area contributed by atoms with Gasteiger partial charge in [-0.05, 0) is 37.5 Å². The zero-order chi connectivity index (χ0) is 9.31. The topological polar surface area (TPSA) is 33.0 Å². The van der Waals surface area contributed by atoms with Gasteiger partial charge in [0.25, 0.3) is 0 Å². The minimum Gasteiger partial charge on any atom is -0.385 e. The van der Waals surface area contributed by atoms with E-state index in [-0.39, 0.29) is 5.41 Å². The number of ether oxygens (including phenoxy) is 1. The molecule has 2 saturated carbocycles. The van der Waals surface area contributed by atoms with Gasteiger partial charge in [-0.3, -0.25) is 0 Å². The number of nitriles is 1. The lowest BCUT2D eigenvalue weighted by Gasteiger charge is -2.30. The summed E-state index contributed by atoms with van der Waals surface area (Å²) in [6.45, 7) is 0.747. The molecule has 72 valence electrons. The molecule has 3 unspecified atom stereocenters. The van der Waals surface area contributed by atoms with Crippen LogP contribution in [0.15, 0.2) is 0 Å². The van der Waals surface area contributed by atoms with Crippen molar-refractivity contribution < 1.29 is 4.74 Å². The smallest absolute Gasteiger partial charge is 0.0693 e. The molecule has 2 bridgehead atoms. The molecule has 0 aliphatic heterocycles. The van der Waals surface area contributed by atoms with Crippen LogP contribution in [-0.2, 0) is 4.74 Å². The van der Waals surface area contributed by atoms with E-state index in [9.17, 15) is 5.26 Å². The summed E-state index contributed by atoms with van der Waals surface area (Å²) in [5.74, 6) is 1.53. The highest BCUT2D eigenvalue weighted by Crippen LogP contribution is 2.57. The molecule has 3 atom stereocenters.